The van der Waals surface area contributed by atoms with E-state index in [2.05, 4.69) is 4.98 Å². The van der Waals surface area contributed by atoms with Crippen LogP contribution in [0.25, 0.3) is 16.7 Å². The van der Waals surface area contributed by atoms with E-state index >= 15 is 0 Å². The van der Waals surface area contributed by atoms with Gasteiger partial charge >= 0.3 is 5.97 Å². The third-order valence-corrected chi connectivity index (χ3v) is 4.17. The highest BCUT2D eigenvalue weighted by Gasteiger charge is 2.28. The predicted molar refractivity (Wildman–Crippen MR) is 92.1 cm³/mol. The van der Waals surface area contributed by atoms with E-state index in [1.165, 1.54) is 6.92 Å². The molecule has 0 radical (unpaired) electrons. The highest BCUT2D eigenvalue weighted by molar-refractivity contribution is 5.85. The van der Waals surface area contributed by atoms with Gasteiger partial charge in [0.1, 0.15) is 18.5 Å². The standard InChI is InChI=1S/C19H16N2O4/c1-12(22)25-14-10-16-17(24-11-14)15-8-5-9-20-18(15)21(19(16)23)13-6-3-2-4-7-13/h2-9,14H,10-11H2,1H3. The molecule has 3 aromatic rings. The third kappa shape index (κ3) is 2.65. The van der Waals surface area contributed by atoms with Gasteiger partial charge in [0.15, 0.2) is 5.65 Å². The maximum absolute atomic E-state index is 13.2. The Balaban J connectivity index is 1.96. The molecular weight excluding hydrogens is 320 g/mol. The normalized spacial score (nSPS) is 16.1. The topological polar surface area (TPSA) is 70.4 Å². The number of carbonyl (C=O) groups excluding carboxylic acids is 1. The fourth-order valence-corrected chi connectivity index (χ4v) is 3.18. The van der Waals surface area contributed by atoms with Crippen LogP contribution >= 0.6 is 0 Å². The van der Waals surface area contributed by atoms with E-state index in [-0.39, 0.29) is 18.1 Å². The fraction of sp³-hybridized carbons (Fsp3) is 0.211. The average Bonchev–Trinajstić information content (AvgIpc) is 2.62. The number of para-hydroxylation sites is 1. The van der Waals surface area contributed by atoms with E-state index in [0.29, 0.717) is 23.4 Å². The maximum Gasteiger partial charge on any atom is 0.303 e. The summed E-state index contributed by atoms with van der Waals surface area (Å²) < 4.78 is 12.6. The van der Waals surface area contributed by atoms with Crippen molar-refractivity contribution >= 4 is 17.0 Å². The summed E-state index contributed by atoms with van der Waals surface area (Å²) in [4.78, 5) is 28.8. The van der Waals surface area contributed by atoms with Gasteiger partial charge in [0.05, 0.1) is 16.6 Å². The zero-order chi connectivity index (χ0) is 17.4. The molecule has 1 aromatic carbocycles. The molecule has 0 amide bonds. The number of fused-ring (bicyclic) bond motifs is 3. The van der Waals surface area contributed by atoms with Gasteiger partial charge in [0, 0.05) is 19.5 Å². The van der Waals surface area contributed by atoms with Crippen LogP contribution in [0.2, 0.25) is 0 Å². The van der Waals surface area contributed by atoms with Gasteiger partial charge < -0.3 is 9.47 Å². The van der Waals surface area contributed by atoms with Crippen molar-refractivity contribution in [2.75, 3.05) is 6.61 Å². The van der Waals surface area contributed by atoms with E-state index < -0.39 is 6.10 Å². The van der Waals surface area contributed by atoms with Crippen LogP contribution in [0, 0.1) is 0 Å². The van der Waals surface area contributed by atoms with Crippen molar-refractivity contribution in [3.8, 4) is 11.4 Å². The van der Waals surface area contributed by atoms with Gasteiger partial charge in [-0.05, 0) is 24.3 Å². The first kappa shape index (κ1) is 15.4. The number of nitrogens with zero attached hydrogens (tertiary/aromatic N) is 2. The Morgan fingerprint density at radius 2 is 2.04 bits per heavy atom. The van der Waals surface area contributed by atoms with Crippen LogP contribution in [-0.2, 0) is 16.0 Å². The Hall–Kier alpha value is -3.15. The first-order valence-corrected chi connectivity index (χ1v) is 8.03. The highest BCUT2D eigenvalue weighted by atomic mass is 16.6. The summed E-state index contributed by atoms with van der Waals surface area (Å²) in [5, 5.41) is 0.766. The Bertz CT molecular complexity index is 1010. The van der Waals surface area contributed by atoms with Crippen LogP contribution in [0.5, 0.6) is 5.75 Å². The van der Waals surface area contributed by atoms with Gasteiger partial charge in [0.25, 0.3) is 5.56 Å². The minimum Gasteiger partial charge on any atom is -0.488 e. The van der Waals surface area contributed by atoms with Crippen LogP contribution in [-0.4, -0.2) is 28.2 Å². The van der Waals surface area contributed by atoms with Gasteiger partial charge in [-0.2, -0.15) is 0 Å². The van der Waals surface area contributed by atoms with Crippen molar-refractivity contribution in [2.45, 2.75) is 19.4 Å². The molecule has 0 spiro atoms. The molecule has 6 nitrogen and oxygen atoms in total. The second-order valence-electron chi connectivity index (χ2n) is 5.90. The lowest BCUT2D eigenvalue weighted by Gasteiger charge is -2.26. The third-order valence-electron chi connectivity index (χ3n) is 4.17. The molecule has 2 aromatic heterocycles. The molecule has 4 rings (SSSR count). The fourth-order valence-electron chi connectivity index (χ4n) is 3.18. The van der Waals surface area contributed by atoms with Crippen molar-refractivity contribution < 1.29 is 14.3 Å². The minimum atomic E-state index is -0.462. The molecular formula is C19H16N2O4. The number of pyridine rings is 2. The number of carbonyl (C=O) groups is 1. The summed E-state index contributed by atoms with van der Waals surface area (Å²) in [5.74, 6) is 0.145. The summed E-state index contributed by atoms with van der Waals surface area (Å²) in [6.45, 7) is 1.58. The predicted octanol–water partition coefficient (Wildman–Crippen LogP) is 2.25. The molecule has 1 aliphatic rings. The van der Waals surface area contributed by atoms with Gasteiger partial charge in [-0.3, -0.25) is 14.2 Å². The largest absolute Gasteiger partial charge is 0.488 e. The van der Waals surface area contributed by atoms with Crippen molar-refractivity contribution in [2.24, 2.45) is 0 Å². The Kier molecular flexibility index (Phi) is 3.72. The Labute approximate surface area is 143 Å². The Morgan fingerprint density at radius 3 is 2.80 bits per heavy atom. The lowest BCUT2D eigenvalue weighted by Crippen LogP contribution is -2.36. The molecule has 0 fully saturated rings. The molecule has 0 saturated heterocycles. The van der Waals surface area contributed by atoms with Crippen LogP contribution in [0.3, 0.4) is 0 Å². The highest BCUT2D eigenvalue weighted by Crippen LogP contribution is 2.31. The molecule has 1 unspecified atom stereocenters. The number of aromatic nitrogens is 2. The van der Waals surface area contributed by atoms with Gasteiger partial charge in [0.2, 0.25) is 0 Å². The molecule has 0 bridgehead atoms. The quantitative estimate of drug-likeness (QED) is 0.671. The Morgan fingerprint density at radius 1 is 1.24 bits per heavy atom. The molecule has 0 saturated carbocycles. The van der Waals surface area contributed by atoms with E-state index in [4.69, 9.17) is 9.47 Å². The van der Waals surface area contributed by atoms with Gasteiger partial charge in [-0.25, -0.2) is 4.98 Å². The van der Waals surface area contributed by atoms with Crippen LogP contribution in [0.1, 0.15) is 12.5 Å². The molecule has 0 N–H and O–H groups in total. The maximum atomic E-state index is 13.2. The number of rotatable bonds is 2. The lowest BCUT2D eigenvalue weighted by molar-refractivity contribution is -0.148. The molecule has 126 valence electrons. The number of hydrogen-bond acceptors (Lipinski definition) is 5. The summed E-state index contributed by atoms with van der Waals surface area (Å²) >= 11 is 0. The van der Waals surface area contributed by atoms with Crippen LogP contribution in [0.15, 0.2) is 53.5 Å². The van der Waals surface area contributed by atoms with E-state index in [1.54, 1.807) is 10.8 Å². The number of esters is 1. The van der Waals surface area contributed by atoms with Crippen LogP contribution in [0.4, 0.5) is 0 Å². The zero-order valence-electron chi connectivity index (χ0n) is 13.6. The molecule has 0 aliphatic carbocycles. The van der Waals surface area contributed by atoms with E-state index in [1.807, 2.05) is 42.5 Å². The second kappa shape index (κ2) is 6.05. The summed E-state index contributed by atoms with van der Waals surface area (Å²) in [5.41, 5.74) is 1.57. The lowest BCUT2D eigenvalue weighted by atomic mass is 10.0. The summed E-state index contributed by atoms with van der Waals surface area (Å²) in [7, 11) is 0. The average molecular weight is 336 g/mol. The van der Waals surface area contributed by atoms with Crippen molar-refractivity contribution in [3.63, 3.8) is 0 Å². The van der Waals surface area contributed by atoms with Gasteiger partial charge in [-0.15, -0.1) is 0 Å². The zero-order valence-corrected chi connectivity index (χ0v) is 13.6. The molecule has 6 heteroatoms. The summed E-state index contributed by atoms with van der Waals surface area (Å²) in [6, 6.07) is 13.0. The minimum absolute atomic E-state index is 0.204. The number of hydrogen-bond donors (Lipinski definition) is 0. The van der Waals surface area contributed by atoms with E-state index in [0.717, 1.165) is 11.1 Å². The molecule has 3 heterocycles. The van der Waals surface area contributed by atoms with E-state index in [9.17, 15) is 9.59 Å². The van der Waals surface area contributed by atoms with Gasteiger partial charge in [-0.1, -0.05) is 18.2 Å². The van der Waals surface area contributed by atoms with Crippen molar-refractivity contribution in [3.05, 3.63) is 64.6 Å². The monoisotopic (exact) mass is 336 g/mol. The molecule has 25 heavy (non-hydrogen) atoms. The SMILES string of the molecule is CC(=O)OC1COc2c(c(=O)n(-c3ccccc3)c3ncccc23)C1. The van der Waals surface area contributed by atoms with Crippen LogP contribution < -0.4 is 10.3 Å². The first-order chi connectivity index (χ1) is 12.1. The number of benzene rings is 1. The summed E-state index contributed by atoms with van der Waals surface area (Å²) in [6.07, 6.45) is 1.51. The van der Waals surface area contributed by atoms with Crippen molar-refractivity contribution in [1.29, 1.82) is 0 Å². The molecule has 1 atom stereocenters. The smallest absolute Gasteiger partial charge is 0.303 e. The first-order valence-electron chi connectivity index (χ1n) is 8.03. The number of ether oxygens (including phenoxy) is 2. The second-order valence-corrected chi connectivity index (χ2v) is 5.90. The molecule has 1 aliphatic heterocycles. The van der Waals surface area contributed by atoms with Crippen molar-refractivity contribution in [1.82, 2.24) is 9.55 Å².